The van der Waals surface area contributed by atoms with Gasteiger partial charge < -0.3 is 4.42 Å². The number of aryl methyl sites for hydroxylation is 3. The molecule has 0 amide bonds. The number of rotatable bonds is 2. The van der Waals surface area contributed by atoms with E-state index in [-0.39, 0.29) is 0 Å². The molecule has 0 aliphatic carbocycles. The molecule has 29 heavy (non-hydrogen) atoms. The summed E-state index contributed by atoms with van der Waals surface area (Å²) < 4.78 is 6.10. The maximum atomic E-state index is 6.10. The molecule has 0 bridgehead atoms. The van der Waals surface area contributed by atoms with Gasteiger partial charge in [0.05, 0.1) is 5.69 Å². The summed E-state index contributed by atoms with van der Waals surface area (Å²) >= 11 is 6.05. The number of hydrogen-bond acceptors (Lipinski definition) is 3. The van der Waals surface area contributed by atoms with Crippen LogP contribution in [0.3, 0.4) is 0 Å². The van der Waals surface area contributed by atoms with Crippen LogP contribution in [0.1, 0.15) is 16.7 Å². The van der Waals surface area contributed by atoms with Crippen LogP contribution in [0.5, 0.6) is 0 Å². The summed E-state index contributed by atoms with van der Waals surface area (Å²) in [6, 6.07) is 18.5. The number of benzene rings is 2. The zero-order valence-electron chi connectivity index (χ0n) is 16.5. The SMILES string of the molecule is Cc1ccc(-c2cc(-c3cccc4c3oc3nc(Cl)ccc34)ncc2C)c(C)c1. The molecule has 2 aromatic carbocycles. The normalized spacial score (nSPS) is 11.4. The highest BCUT2D eigenvalue weighted by Crippen LogP contribution is 2.37. The average molecular weight is 399 g/mol. The molecule has 0 spiro atoms. The van der Waals surface area contributed by atoms with Gasteiger partial charge in [-0.1, -0.05) is 47.5 Å². The van der Waals surface area contributed by atoms with Gasteiger partial charge >= 0.3 is 0 Å². The van der Waals surface area contributed by atoms with E-state index >= 15 is 0 Å². The van der Waals surface area contributed by atoms with E-state index in [1.165, 1.54) is 22.3 Å². The Morgan fingerprint density at radius 2 is 1.66 bits per heavy atom. The minimum Gasteiger partial charge on any atom is -0.437 e. The van der Waals surface area contributed by atoms with Crippen molar-refractivity contribution in [2.45, 2.75) is 20.8 Å². The van der Waals surface area contributed by atoms with Crippen molar-refractivity contribution < 1.29 is 4.42 Å². The first-order chi connectivity index (χ1) is 14.0. The van der Waals surface area contributed by atoms with Gasteiger partial charge in [0.2, 0.25) is 5.71 Å². The van der Waals surface area contributed by atoms with Crippen molar-refractivity contribution in [3.05, 3.63) is 82.6 Å². The molecule has 0 aliphatic heterocycles. The van der Waals surface area contributed by atoms with Gasteiger partial charge in [0.25, 0.3) is 0 Å². The Balaban J connectivity index is 1.74. The third-order valence-electron chi connectivity index (χ3n) is 5.38. The predicted molar refractivity (Wildman–Crippen MR) is 119 cm³/mol. The maximum absolute atomic E-state index is 6.10. The molecule has 3 nitrogen and oxygen atoms in total. The van der Waals surface area contributed by atoms with Gasteiger partial charge in [0, 0.05) is 22.5 Å². The lowest BCUT2D eigenvalue weighted by Gasteiger charge is -2.12. The monoisotopic (exact) mass is 398 g/mol. The Morgan fingerprint density at radius 1 is 0.793 bits per heavy atom. The summed E-state index contributed by atoms with van der Waals surface area (Å²) in [4.78, 5) is 9.04. The second-order valence-electron chi connectivity index (χ2n) is 7.47. The number of fused-ring (bicyclic) bond motifs is 3. The second kappa shape index (κ2) is 6.71. The van der Waals surface area contributed by atoms with Crippen molar-refractivity contribution in [2.24, 2.45) is 0 Å². The molecule has 142 valence electrons. The zero-order chi connectivity index (χ0) is 20.1. The average Bonchev–Trinajstić information content (AvgIpc) is 3.06. The number of pyridine rings is 2. The molecular formula is C25H19ClN2O. The van der Waals surface area contributed by atoms with Crippen molar-refractivity contribution in [2.75, 3.05) is 0 Å². The summed E-state index contributed by atoms with van der Waals surface area (Å²) in [5.41, 5.74) is 9.21. The molecule has 3 aromatic heterocycles. The van der Waals surface area contributed by atoms with Crippen LogP contribution < -0.4 is 0 Å². The van der Waals surface area contributed by atoms with Gasteiger partial charge in [-0.2, -0.15) is 0 Å². The van der Waals surface area contributed by atoms with E-state index in [4.69, 9.17) is 21.0 Å². The van der Waals surface area contributed by atoms with Crippen molar-refractivity contribution in [3.8, 4) is 22.4 Å². The van der Waals surface area contributed by atoms with E-state index < -0.39 is 0 Å². The van der Waals surface area contributed by atoms with E-state index in [0.717, 1.165) is 33.2 Å². The largest absolute Gasteiger partial charge is 0.437 e. The Labute approximate surface area is 174 Å². The van der Waals surface area contributed by atoms with Crippen LogP contribution in [0.4, 0.5) is 0 Å². The predicted octanol–water partition coefficient (Wildman–Crippen LogP) is 7.29. The lowest BCUT2D eigenvalue weighted by Crippen LogP contribution is -1.92. The van der Waals surface area contributed by atoms with Crippen LogP contribution in [0, 0.1) is 20.8 Å². The molecule has 0 saturated carbocycles. The first-order valence-corrected chi connectivity index (χ1v) is 9.91. The third-order valence-corrected chi connectivity index (χ3v) is 5.59. The fourth-order valence-electron chi connectivity index (χ4n) is 3.94. The minimum atomic E-state index is 0.420. The van der Waals surface area contributed by atoms with E-state index in [0.29, 0.717) is 10.9 Å². The molecule has 0 N–H and O–H groups in total. The van der Waals surface area contributed by atoms with Gasteiger partial charge in [-0.3, -0.25) is 4.98 Å². The number of aromatic nitrogens is 2. The number of para-hydroxylation sites is 1. The van der Waals surface area contributed by atoms with Crippen LogP contribution in [0.2, 0.25) is 5.15 Å². The quantitative estimate of drug-likeness (QED) is 0.293. The van der Waals surface area contributed by atoms with Crippen LogP contribution in [0.15, 0.2) is 65.2 Å². The molecule has 3 heterocycles. The van der Waals surface area contributed by atoms with Crippen LogP contribution in [0.25, 0.3) is 44.5 Å². The van der Waals surface area contributed by atoms with Crippen molar-refractivity contribution in [1.29, 1.82) is 0 Å². The van der Waals surface area contributed by atoms with Crippen molar-refractivity contribution in [1.82, 2.24) is 9.97 Å². The first-order valence-electron chi connectivity index (χ1n) is 9.54. The lowest BCUT2D eigenvalue weighted by molar-refractivity contribution is 0.655. The summed E-state index contributed by atoms with van der Waals surface area (Å²) in [5, 5.41) is 2.38. The molecule has 0 aliphatic rings. The highest BCUT2D eigenvalue weighted by atomic mass is 35.5. The van der Waals surface area contributed by atoms with E-state index in [1.54, 1.807) is 6.07 Å². The van der Waals surface area contributed by atoms with Gasteiger partial charge in [-0.05, 0) is 67.3 Å². The Hall–Kier alpha value is -3.17. The fourth-order valence-corrected chi connectivity index (χ4v) is 4.07. The summed E-state index contributed by atoms with van der Waals surface area (Å²) in [7, 11) is 0. The molecule has 0 saturated heterocycles. The van der Waals surface area contributed by atoms with Crippen LogP contribution in [-0.2, 0) is 0 Å². The number of hydrogen-bond donors (Lipinski definition) is 0. The zero-order valence-corrected chi connectivity index (χ0v) is 17.2. The molecule has 5 rings (SSSR count). The standard InChI is InChI=1S/C25H19ClN2O/c1-14-7-8-17(15(2)11-14)21-12-22(27-13-16(21)3)20-6-4-5-18-19-9-10-23(26)28-25(19)29-24(18)20/h4-13H,1-3H3. The third kappa shape index (κ3) is 2.99. The molecule has 4 heteroatoms. The molecule has 0 atom stereocenters. The molecule has 5 aromatic rings. The molecular weight excluding hydrogens is 380 g/mol. The van der Waals surface area contributed by atoms with E-state index in [2.05, 4.69) is 50.0 Å². The van der Waals surface area contributed by atoms with Gasteiger partial charge in [0.1, 0.15) is 10.7 Å². The van der Waals surface area contributed by atoms with Gasteiger partial charge in [-0.15, -0.1) is 0 Å². The maximum Gasteiger partial charge on any atom is 0.228 e. The van der Waals surface area contributed by atoms with E-state index in [1.807, 2.05) is 30.5 Å². The number of furan rings is 1. The van der Waals surface area contributed by atoms with Gasteiger partial charge in [0.15, 0.2) is 0 Å². The first kappa shape index (κ1) is 17.9. The minimum absolute atomic E-state index is 0.420. The highest BCUT2D eigenvalue weighted by Gasteiger charge is 2.15. The summed E-state index contributed by atoms with van der Waals surface area (Å²) in [6.07, 6.45) is 1.93. The van der Waals surface area contributed by atoms with E-state index in [9.17, 15) is 0 Å². The Morgan fingerprint density at radius 3 is 2.48 bits per heavy atom. The van der Waals surface area contributed by atoms with Crippen molar-refractivity contribution >= 4 is 33.7 Å². The molecule has 0 radical (unpaired) electrons. The second-order valence-corrected chi connectivity index (χ2v) is 7.86. The lowest BCUT2D eigenvalue weighted by atomic mass is 9.94. The summed E-state index contributed by atoms with van der Waals surface area (Å²) in [5.74, 6) is 0. The molecule has 0 unspecified atom stereocenters. The topological polar surface area (TPSA) is 38.9 Å². The fraction of sp³-hybridized carbons (Fsp3) is 0.120. The molecule has 0 fully saturated rings. The number of nitrogens with zero attached hydrogens (tertiary/aromatic N) is 2. The number of halogens is 1. The highest BCUT2D eigenvalue weighted by molar-refractivity contribution is 6.30. The van der Waals surface area contributed by atoms with Gasteiger partial charge in [-0.25, -0.2) is 4.98 Å². The Bertz CT molecular complexity index is 1400. The smallest absolute Gasteiger partial charge is 0.228 e. The van der Waals surface area contributed by atoms with Crippen molar-refractivity contribution in [3.63, 3.8) is 0 Å². The van der Waals surface area contributed by atoms with Crippen LogP contribution >= 0.6 is 11.6 Å². The van der Waals surface area contributed by atoms with Crippen LogP contribution in [-0.4, -0.2) is 9.97 Å². The Kier molecular flexibility index (Phi) is 4.14. The summed E-state index contributed by atoms with van der Waals surface area (Å²) in [6.45, 7) is 6.36.